The lowest BCUT2D eigenvalue weighted by Crippen LogP contribution is -2.38. The normalized spacial score (nSPS) is 20.6. The summed E-state index contributed by atoms with van der Waals surface area (Å²) in [5, 5.41) is 8.15. The molecule has 0 saturated heterocycles. The van der Waals surface area contributed by atoms with Crippen LogP contribution in [0.15, 0.2) is 52.7 Å². The monoisotopic (exact) mass is 452 g/mol. The molecule has 0 aromatic heterocycles. The highest BCUT2D eigenvalue weighted by Gasteiger charge is 2.46. The highest BCUT2D eigenvalue weighted by Crippen LogP contribution is 2.41. The largest absolute Gasteiger partial charge is 0.490 e. The van der Waals surface area contributed by atoms with Gasteiger partial charge in [0.2, 0.25) is 11.8 Å². The Morgan fingerprint density at radius 3 is 2.03 bits per heavy atom. The Morgan fingerprint density at radius 2 is 1.52 bits per heavy atom. The van der Waals surface area contributed by atoms with Crippen LogP contribution in [0.4, 0.5) is 4.39 Å². The van der Waals surface area contributed by atoms with Crippen LogP contribution in [0.5, 0.6) is 11.5 Å². The van der Waals surface area contributed by atoms with Crippen LogP contribution in [-0.4, -0.2) is 29.8 Å². The van der Waals surface area contributed by atoms with Gasteiger partial charge in [0.25, 0.3) is 0 Å². The third kappa shape index (κ3) is 4.57. The van der Waals surface area contributed by atoms with Gasteiger partial charge in [-0.2, -0.15) is 10.2 Å². The molecule has 2 amide bonds. The van der Waals surface area contributed by atoms with E-state index in [1.54, 1.807) is 38.1 Å². The molecule has 2 unspecified atom stereocenters. The first-order chi connectivity index (χ1) is 15.9. The molecule has 0 aliphatic carbocycles. The van der Waals surface area contributed by atoms with E-state index in [1.807, 2.05) is 13.0 Å². The lowest BCUT2D eigenvalue weighted by Gasteiger charge is -2.27. The molecule has 2 N–H and O–H groups in total. The summed E-state index contributed by atoms with van der Waals surface area (Å²) in [6, 6.07) is 11.4. The van der Waals surface area contributed by atoms with Crippen molar-refractivity contribution in [3.8, 4) is 11.5 Å². The quantitative estimate of drug-likeness (QED) is 0.643. The SMILES string of the molecule is CCOc1cc(C(C2C(=O)NN=C2C)C2C(=O)NN=C2C)ccc1OCc1ccc(F)cc1. The number of nitrogens with one attached hydrogen (secondary N) is 2. The summed E-state index contributed by atoms with van der Waals surface area (Å²) in [6.07, 6.45) is 0. The van der Waals surface area contributed by atoms with E-state index < -0.39 is 17.8 Å². The van der Waals surface area contributed by atoms with Gasteiger partial charge in [-0.05, 0) is 56.2 Å². The van der Waals surface area contributed by atoms with E-state index in [9.17, 15) is 14.0 Å². The highest BCUT2D eigenvalue weighted by atomic mass is 19.1. The Morgan fingerprint density at radius 1 is 0.909 bits per heavy atom. The van der Waals surface area contributed by atoms with Gasteiger partial charge < -0.3 is 9.47 Å². The number of rotatable bonds is 8. The molecule has 0 fully saturated rings. The molecule has 8 nitrogen and oxygen atoms in total. The van der Waals surface area contributed by atoms with E-state index in [4.69, 9.17) is 9.47 Å². The molecular formula is C24H25FN4O4. The number of nitrogens with zero attached hydrogens (tertiary/aromatic N) is 2. The summed E-state index contributed by atoms with van der Waals surface area (Å²) in [5.74, 6) is -1.61. The minimum absolute atomic E-state index is 0.233. The van der Waals surface area contributed by atoms with E-state index in [0.29, 0.717) is 29.5 Å². The van der Waals surface area contributed by atoms with E-state index >= 15 is 0 Å². The third-order valence-corrected chi connectivity index (χ3v) is 5.83. The Balaban J connectivity index is 1.68. The smallest absolute Gasteiger partial charge is 0.249 e. The van der Waals surface area contributed by atoms with Gasteiger partial charge in [0.05, 0.1) is 18.4 Å². The molecule has 0 saturated carbocycles. The Labute approximate surface area is 190 Å². The predicted molar refractivity (Wildman–Crippen MR) is 121 cm³/mol. The van der Waals surface area contributed by atoms with Crippen molar-refractivity contribution in [2.45, 2.75) is 33.3 Å². The maximum Gasteiger partial charge on any atom is 0.249 e. The van der Waals surface area contributed by atoms with Crippen LogP contribution in [0.3, 0.4) is 0 Å². The van der Waals surface area contributed by atoms with Crippen molar-refractivity contribution in [3.05, 3.63) is 59.4 Å². The molecule has 9 heteroatoms. The zero-order chi connectivity index (χ0) is 23.5. The molecule has 0 bridgehead atoms. The molecule has 2 aliphatic heterocycles. The second-order valence-electron chi connectivity index (χ2n) is 7.99. The second-order valence-corrected chi connectivity index (χ2v) is 7.99. The van der Waals surface area contributed by atoms with Gasteiger partial charge >= 0.3 is 0 Å². The summed E-state index contributed by atoms with van der Waals surface area (Å²) in [5.41, 5.74) is 7.78. The fourth-order valence-corrected chi connectivity index (χ4v) is 4.23. The molecule has 2 heterocycles. The Kier molecular flexibility index (Phi) is 6.39. The first kappa shape index (κ1) is 22.4. The molecule has 4 rings (SSSR count). The molecule has 0 spiro atoms. The van der Waals surface area contributed by atoms with Crippen molar-refractivity contribution in [1.29, 1.82) is 0 Å². The van der Waals surface area contributed by atoms with Crippen molar-refractivity contribution in [2.75, 3.05) is 6.61 Å². The van der Waals surface area contributed by atoms with Crippen molar-refractivity contribution in [1.82, 2.24) is 10.9 Å². The molecule has 2 aromatic rings. The number of carbonyl (C=O) groups excluding carboxylic acids is 2. The van der Waals surface area contributed by atoms with Gasteiger partial charge in [-0.25, -0.2) is 15.2 Å². The fraction of sp³-hybridized carbons (Fsp3) is 0.333. The van der Waals surface area contributed by atoms with Gasteiger partial charge in [-0.15, -0.1) is 0 Å². The van der Waals surface area contributed by atoms with Crippen LogP contribution < -0.4 is 20.3 Å². The summed E-state index contributed by atoms with van der Waals surface area (Å²) in [7, 11) is 0. The molecule has 0 radical (unpaired) electrons. The maximum atomic E-state index is 13.2. The van der Waals surface area contributed by atoms with Gasteiger partial charge in [-0.1, -0.05) is 18.2 Å². The number of hydrazone groups is 2. The summed E-state index contributed by atoms with van der Waals surface area (Å²) in [6.45, 7) is 6.01. The van der Waals surface area contributed by atoms with Crippen LogP contribution in [0, 0.1) is 17.7 Å². The molecule has 2 aromatic carbocycles. The maximum absolute atomic E-state index is 13.2. The first-order valence-electron chi connectivity index (χ1n) is 10.7. The molecule has 2 aliphatic rings. The highest BCUT2D eigenvalue weighted by molar-refractivity contribution is 6.12. The number of amides is 2. The van der Waals surface area contributed by atoms with Crippen molar-refractivity contribution >= 4 is 23.2 Å². The Hall–Kier alpha value is -3.75. The van der Waals surface area contributed by atoms with Gasteiger partial charge in [0.15, 0.2) is 11.5 Å². The number of hydrogen-bond acceptors (Lipinski definition) is 6. The van der Waals surface area contributed by atoms with Crippen LogP contribution in [0.2, 0.25) is 0 Å². The van der Waals surface area contributed by atoms with Gasteiger partial charge in [0.1, 0.15) is 12.4 Å². The number of carbonyl (C=O) groups is 2. The lowest BCUT2D eigenvalue weighted by molar-refractivity contribution is -0.125. The minimum Gasteiger partial charge on any atom is -0.490 e. The average Bonchev–Trinajstić information content (AvgIpc) is 3.31. The first-order valence-corrected chi connectivity index (χ1v) is 10.7. The summed E-state index contributed by atoms with van der Waals surface area (Å²) >= 11 is 0. The van der Waals surface area contributed by atoms with Crippen LogP contribution in [-0.2, 0) is 16.2 Å². The van der Waals surface area contributed by atoms with Crippen molar-refractivity contribution < 1.29 is 23.5 Å². The Bertz CT molecular complexity index is 1090. The van der Waals surface area contributed by atoms with E-state index in [1.165, 1.54) is 12.1 Å². The van der Waals surface area contributed by atoms with Crippen molar-refractivity contribution in [2.24, 2.45) is 22.0 Å². The number of hydrogen-bond donors (Lipinski definition) is 2. The van der Waals surface area contributed by atoms with Gasteiger partial charge in [-0.3, -0.25) is 9.59 Å². The van der Waals surface area contributed by atoms with Crippen LogP contribution in [0.1, 0.15) is 37.8 Å². The predicted octanol–water partition coefficient (Wildman–Crippen LogP) is 3.13. The average molecular weight is 452 g/mol. The van der Waals surface area contributed by atoms with E-state index in [-0.39, 0.29) is 24.2 Å². The molecule has 2 atom stereocenters. The third-order valence-electron chi connectivity index (χ3n) is 5.83. The molecule has 172 valence electrons. The molecular weight excluding hydrogens is 427 g/mol. The zero-order valence-electron chi connectivity index (χ0n) is 18.6. The lowest BCUT2D eigenvalue weighted by atomic mass is 9.73. The van der Waals surface area contributed by atoms with E-state index in [0.717, 1.165) is 11.1 Å². The summed E-state index contributed by atoms with van der Waals surface area (Å²) < 4.78 is 24.9. The number of ether oxygens (including phenoxy) is 2. The standard InChI is InChI=1S/C24H25FN4O4/c1-4-32-19-11-16(7-10-18(19)33-12-15-5-8-17(25)9-6-15)22(20-13(2)26-28-23(20)30)21-14(3)27-29-24(21)31/h5-11,20-22H,4,12H2,1-3H3,(H,28,30)(H,29,31). The van der Waals surface area contributed by atoms with E-state index in [2.05, 4.69) is 21.1 Å². The number of benzene rings is 2. The topological polar surface area (TPSA) is 101 Å². The van der Waals surface area contributed by atoms with Crippen LogP contribution in [0.25, 0.3) is 0 Å². The second kappa shape index (κ2) is 9.40. The van der Waals surface area contributed by atoms with Gasteiger partial charge in [0, 0.05) is 17.3 Å². The van der Waals surface area contributed by atoms with Crippen LogP contribution >= 0.6 is 0 Å². The minimum atomic E-state index is -0.621. The summed E-state index contributed by atoms with van der Waals surface area (Å²) in [4.78, 5) is 25.3. The zero-order valence-corrected chi connectivity index (χ0v) is 18.6. The number of halogens is 1. The fourth-order valence-electron chi connectivity index (χ4n) is 4.23. The molecule has 33 heavy (non-hydrogen) atoms. The van der Waals surface area contributed by atoms with Crippen molar-refractivity contribution in [3.63, 3.8) is 0 Å².